The maximum atomic E-state index is 10.7. The number of hydrogen-bond acceptors (Lipinski definition) is 3. The number of aromatic carboxylic acids is 1. The van der Waals surface area contributed by atoms with Crippen LogP contribution in [0.3, 0.4) is 0 Å². The van der Waals surface area contributed by atoms with Crippen molar-refractivity contribution in [1.82, 2.24) is 0 Å². The molecule has 2 aromatic rings. The Kier molecular flexibility index (Phi) is 2.98. The van der Waals surface area contributed by atoms with Crippen molar-refractivity contribution in [2.45, 2.75) is 0 Å². The number of rotatable bonds is 2. The molecule has 0 amide bonds. The minimum absolute atomic E-state index is 0.0663. The molecule has 0 aliphatic rings. The largest absolute Gasteiger partial charge is 0.507 e. The number of nitrogens with zero attached hydrogens (tertiary/aromatic N) is 1. The van der Waals surface area contributed by atoms with E-state index < -0.39 is 5.97 Å². The van der Waals surface area contributed by atoms with Crippen LogP contribution in [0, 0.1) is 11.3 Å². The normalized spacial score (nSPS) is 9.72. The van der Waals surface area contributed by atoms with Crippen molar-refractivity contribution < 1.29 is 15.0 Å². The zero-order valence-electron chi connectivity index (χ0n) is 9.29. The average molecular weight is 239 g/mol. The van der Waals surface area contributed by atoms with Crippen molar-refractivity contribution in [2.24, 2.45) is 0 Å². The molecule has 2 aromatic carbocycles. The van der Waals surface area contributed by atoms with Crippen LogP contribution in [0.15, 0.2) is 42.5 Å². The highest BCUT2D eigenvalue weighted by Gasteiger charge is 2.06. The number of hydrogen-bond donors (Lipinski definition) is 2. The van der Waals surface area contributed by atoms with E-state index in [0.29, 0.717) is 0 Å². The van der Waals surface area contributed by atoms with Gasteiger partial charge in [-0.15, -0.1) is 0 Å². The van der Waals surface area contributed by atoms with Gasteiger partial charge in [-0.05, 0) is 35.4 Å². The van der Waals surface area contributed by atoms with Gasteiger partial charge in [-0.1, -0.05) is 18.2 Å². The van der Waals surface area contributed by atoms with Gasteiger partial charge in [0.1, 0.15) is 11.8 Å². The molecule has 18 heavy (non-hydrogen) atoms. The van der Waals surface area contributed by atoms with E-state index >= 15 is 0 Å². The van der Waals surface area contributed by atoms with Gasteiger partial charge in [0, 0.05) is 0 Å². The van der Waals surface area contributed by atoms with Gasteiger partial charge in [0.2, 0.25) is 0 Å². The number of aromatic hydroxyl groups is 1. The van der Waals surface area contributed by atoms with E-state index in [-0.39, 0.29) is 16.9 Å². The fourth-order valence-electron chi connectivity index (χ4n) is 1.61. The molecule has 88 valence electrons. The summed E-state index contributed by atoms with van der Waals surface area (Å²) in [7, 11) is 0. The number of phenolic OH excluding ortho intramolecular Hbond substituents is 1. The zero-order valence-corrected chi connectivity index (χ0v) is 9.29. The Morgan fingerprint density at radius 2 is 1.67 bits per heavy atom. The first kappa shape index (κ1) is 11.7. The van der Waals surface area contributed by atoms with E-state index in [2.05, 4.69) is 0 Å². The topological polar surface area (TPSA) is 81.3 Å². The van der Waals surface area contributed by atoms with E-state index in [1.807, 2.05) is 6.07 Å². The molecular weight excluding hydrogens is 230 g/mol. The van der Waals surface area contributed by atoms with Gasteiger partial charge in [-0.25, -0.2) is 4.79 Å². The van der Waals surface area contributed by atoms with Gasteiger partial charge in [-0.2, -0.15) is 5.26 Å². The van der Waals surface area contributed by atoms with Crippen molar-refractivity contribution in [2.75, 3.05) is 0 Å². The van der Waals surface area contributed by atoms with Gasteiger partial charge in [0.15, 0.2) is 0 Å². The van der Waals surface area contributed by atoms with Crippen molar-refractivity contribution in [3.8, 4) is 22.9 Å². The lowest BCUT2D eigenvalue weighted by atomic mass is 10.0. The molecule has 0 atom stereocenters. The zero-order chi connectivity index (χ0) is 13.1. The Hall–Kier alpha value is -2.80. The average Bonchev–Trinajstić information content (AvgIpc) is 2.39. The number of benzene rings is 2. The highest BCUT2D eigenvalue weighted by molar-refractivity contribution is 5.88. The molecule has 0 bridgehead atoms. The predicted octanol–water partition coefficient (Wildman–Crippen LogP) is 2.63. The van der Waals surface area contributed by atoms with Crippen molar-refractivity contribution >= 4 is 5.97 Å². The summed E-state index contributed by atoms with van der Waals surface area (Å²) in [6, 6.07) is 12.9. The maximum absolute atomic E-state index is 10.7. The minimum Gasteiger partial charge on any atom is -0.507 e. The smallest absolute Gasteiger partial charge is 0.335 e. The second-order valence-corrected chi connectivity index (χ2v) is 3.73. The molecule has 0 unspecified atom stereocenters. The summed E-state index contributed by atoms with van der Waals surface area (Å²) in [5.74, 6) is -1.05. The Bertz CT molecular complexity index is 639. The van der Waals surface area contributed by atoms with Crippen LogP contribution >= 0.6 is 0 Å². The van der Waals surface area contributed by atoms with E-state index in [1.54, 1.807) is 24.3 Å². The number of carboxylic acid groups (broad SMARTS) is 1. The fourth-order valence-corrected chi connectivity index (χ4v) is 1.61. The highest BCUT2D eigenvalue weighted by atomic mass is 16.4. The SMILES string of the molecule is N#Cc1cc(-c2ccc(C(=O)O)cc2)ccc1O. The second kappa shape index (κ2) is 4.60. The fraction of sp³-hybridized carbons (Fsp3) is 0. The Balaban J connectivity index is 2.43. The lowest BCUT2D eigenvalue weighted by molar-refractivity contribution is 0.0697. The van der Waals surface area contributed by atoms with Crippen LogP contribution < -0.4 is 0 Å². The van der Waals surface area contributed by atoms with E-state index in [9.17, 15) is 9.90 Å². The first-order chi connectivity index (χ1) is 8.61. The molecule has 0 spiro atoms. The van der Waals surface area contributed by atoms with Gasteiger partial charge in [0.25, 0.3) is 0 Å². The molecule has 0 aromatic heterocycles. The second-order valence-electron chi connectivity index (χ2n) is 3.73. The highest BCUT2D eigenvalue weighted by Crippen LogP contribution is 2.25. The molecule has 0 heterocycles. The maximum Gasteiger partial charge on any atom is 0.335 e. The number of nitriles is 1. The molecule has 0 fully saturated rings. The number of carboxylic acids is 1. The Labute approximate surface area is 103 Å². The molecule has 4 heteroatoms. The Morgan fingerprint density at radius 3 is 2.22 bits per heavy atom. The molecule has 2 rings (SSSR count). The summed E-state index contributed by atoms with van der Waals surface area (Å²) in [6.07, 6.45) is 0. The summed E-state index contributed by atoms with van der Waals surface area (Å²) in [5.41, 5.74) is 1.94. The third-order valence-electron chi connectivity index (χ3n) is 2.58. The summed E-state index contributed by atoms with van der Waals surface area (Å²) in [4.78, 5) is 10.7. The lowest BCUT2D eigenvalue weighted by Gasteiger charge is -2.04. The van der Waals surface area contributed by atoms with E-state index in [0.717, 1.165) is 11.1 Å². The van der Waals surface area contributed by atoms with Crippen LogP contribution in [0.1, 0.15) is 15.9 Å². The van der Waals surface area contributed by atoms with Crippen LogP contribution in [0.2, 0.25) is 0 Å². The Morgan fingerprint density at radius 1 is 1.06 bits per heavy atom. The van der Waals surface area contributed by atoms with Crippen LogP contribution in [0.4, 0.5) is 0 Å². The molecule has 0 saturated carbocycles. The van der Waals surface area contributed by atoms with Crippen LogP contribution in [-0.2, 0) is 0 Å². The molecule has 2 N–H and O–H groups in total. The van der Waals surface area contributed by atoms with Crippen LogP contribution in [0.5, 0.6) is 5.75 Å². The van der Waals surface area contributed by atoms with E-state index in [1.165, 1.54) is 18.2 Å². The third-order valence-corrected chi connectivity index (χ3v) is 2.58. The summed E-state index contributed by atoms with van der Waals surface area (Å²) in [5, 5.41) is 27.0. The molecular formula is C14H9NO3. The number of carbonyl (C=O) groups is 1. The predicted molar refractivity (Wildman–Crippen MR) is 65.2 cm³/mol. The molecule has 0 aliphatic carbocycles. The van der Waals surface area contributed by atoms with Gasteiger partial charge < -0.3 is 10.2 Å². The summed E-state index contributed by atoms with van der Waals surface area (Å²) < 4.78 is 0. The van der Waals surface area contributed by atoms with E-state index in [4.69, 9.17) is 10.4 Å². The number of phenols is 1. The summed E-state index contributed by atoms with van der Waals surface area (Å²) in [6.45, 7) is 0. The molecule has 0 aliphatic heterocycles. The first-order valence-corrected chi connectivity index (χ1v) is 5.18. The van der Waals surface area contributed by atoms with Gasteiger partial charge in [0.05, 0.1) is 11.1 Å². The lowest BCUT2D eigenvalue weighted by Crippen LogP contribution is -1.94. The monoisotopic (exact) mass is 239 g/mol. The summed E-state index contributed by atoms with van der Waals surface area (Å²) >= 11 is 0. The quantitative estimate of drug-likeness (QED) is 0.844. The standard InChI is InChI=1S/C14H9NO3/c15-8-12-7-11(5-6-13(12)16)9-1-3-10(4-2-9)14(17)18/h1-7,16H,(H,17,18). The molecule has 0 saturated heterocycles. The van der Waals surface area contributed by atoms with Gasteiger partial charge in [-0.3, -0.25) is 0 Å². The molecule has 4 nitrogen and oxygen atoms in total. The first-order valence-electron chi connectivity index (χ1n) is 5.18. The van der Waals surface area contributed by atoms with Crippen molar-refractivity contribution in [1.29, 1.82) is 5.26 Å². The minimum atomic E-state index is -0.982. The van der Waals surface area contributed by atoms with Gasteiger partial charge >= 0.3 is 5.97 Å². The van der Waals surface area contributed by atoms with Crippen LogP contribution in [0.25, 0.3) is 11.1 Å². The van der Waals surface area contributed by atoms with Crippen molar-refractivity contribution in [3.63, 3.8) is 0 Å². The van der Waals surface area contributed by atoms with Crippen LogP contribution in [-0.4, -0.2) is 16.2 Å². The van der Waals surface area contributed by atoms with Crippen molar-refractivity contribution in [3.05, 3.63) is 53.6 Å². The molecule has 0 radical (unpaired) electrons. The third kappa shape index (κ3) is 2.15.